The maximum atomic E-state index is 12.6. The Morgan fingerprint density at radius 3 is 2.48 bits per heavy atom. The van der Waals surface area contributed by atoms with Crippen molar-refractivity contribution in [2.75, 3.05) is 20.2 Å². The molecule has 1 aromatic carbocycles. The average Bonchev–Trinajstić information content (AvgIpc) is 3.19. The van der Waals surface area contributed by atoms with E-state index in [1.807, 2.05) is 0 Å². The number of methoxy groups -OCH3 is 1. The van der Waals surface area contributed by atoms with Crippen molar-refractivity contribution >= 4 is 17.8 Å². The molecule has 1 fully saturated rings. The van der Waals surface area contributed by atoms with Crippen LogP contribution in [0.2, 0.25) is 0 Å². The minimum atomic E-state index is -0.0493. The summed E-state index contributed by atoms with van der Waals surface area (Å²) in [5.41, 5.74) is 0.697. The fraction of sp³-hybridized carbons (Fsp3) is 0.300. The van der Waals surface area contributed by atoms with E-state index < -0.39 is 0 Å². The summed E-state index contributed by atoms with van der Waals surface area (Å²) in [6.45, 7) is 1.18. The Morgan fingerprint density at radius 1 is 1.16 bits per heavy atom. The Bertz CT molecular complexity index is 739. The molecule has 1 aromatic heterocycles. The van der Waals surface area contributed by atoms with Gasteiger partial charge < -0.3 is 14.1 Å². The van der Waals surface area contributed by atoms with Crippen LogP contribution in [0.1, 0.15) is 29.0 Å². The third-order valence-electron chi connectivity index (χ3n) is 4.49. The molecule has 0 spiro atoms. The van der Waals surface area contributed by atoms with E-state index >= 15 is 0 Å². The Hall–Kier alpha value is -2.82. The Labute approximate surface area is 146 Å². The molecule has 25 heavy (non-hydrogen) atoms. The van der Waals surface area contributed by atoms with Crippen molar-refractivity contribution in [1.82, 2.24) is 4.90 Å². The topological polar surface area (TPSA) is 59.8 Å². The van der Waals surface area contributed by atoms with Crippen LogP contribution in [0, 0.1) is 5.92 Å². The highest BCUT2D eigenvalue weighted by molar-refractivity contribution is 5.98. The van der Waals surface area contributed by atoms with Gasteiger partial charge in [-0.05, 0) is 55.3 Å². The minimum absolute atomic E-state index is 0.0356. The van der Waals surface area contributed by atoms with E-state index in [0.29, 0.717) is 37.3 Å². The zero-order valence-corrected chi connectivity index (χ0v) is 14.2. The molecule has 130 valence electrons. The van der Waals surface area contributed by atoms with Gasteiger partial charge in [-0.15, -0.1) is 0 Å². The number of ketones is 1. The summed E-state index contributed by atoms with van der Waals surface area (Å²) in [7, 11) is 1.60. The van der Waals surface area contributed by atoms with Crippen molar-refractivity contribution in [2.45, 2.75) is 12.8 Å². The smallest absolute Gasteiger partial charge is 0.246 e. The van der Waals surface area contributed by atoms with Crippen LogP contribution in [-0.2, 0) is 4.79 Å². The summed E-state index contributed by atoms with van der Waals surface area (Å²) < 4.78 is 10.3. The molecule has 3 rings (SSSR count). The molecule has 5 nitrogen and oxygen atoms in total. The molecular weight excluding hydrogens is 318 g/mol. The number of amides is 1. The Balaban J connectivity index is 1.54. The SMILES string of the molecule is COc1ccc(C(=O)C2CCN(C(=O)/C=C/c3ccco3)CC2)cc1. The molecule has 0 unspecified atom stereocenters. The zero-order chi connectivity index (χ0) is 17.6. The van der Waals surface area contributed by atoms with Crippen LogP contribution in [0.5, 0.6) is 5.75 Å². The summed E-state index contributed by atoms with van der Waals surface area (Å²) >= 11 is 0. The van der Waals surface area contributed by atoms with E-state index in [1.165, 1.54) is 6.08 Å². The van der Waals surface area contributed by atoms with Gasteiger partial charge in [-0.25, -0.2) is 0 Å². The number of furan rings is 1. The van der Waals surface area contributed by atoms with Crippen molar-refractivity contribution in [3.05, 3.63) is 60.1 Å². The molecule has 1 amide bonds. The number of carbonyl (C=O) groups excluding carboxylic acids is 2. The molecule has 1 aliphatic heterocycles. The molecule has 2 heterocycles. The van der Waals surface area contributed by atoms with Crippen molar-refractivity contribution in [3.8, 4) is 5.75 Å². The highest BCUT2D eigenvalue weighted by Gasteiger charge is 2.27. The van der Waals surface area contributed by atoms with Gasteiger partial charge in [0, 0.05) is 30.6 Å². The maximum absolute atomic E-state index is 12.6. The number of piperidine rings is 1. The van der Waals surface area contributed by atoms with Crippen LogP contribution >= 0.6 is 0 Å². The van der Waals surface area contributed by atoms with E-state index in [1.54, 1.807) is 60.7 Å². The first-order chi connectivity index (χ1) is 12.2. The molecule has 0 bridgehead atoms. The van der Waals surface area contributed by atoms with Gasteiger partial charge in [-0.3, -0.25) is 9.59 Å². The van der Waals surface area contributed by atoms with Crippen LogP contribution in [0.3, 0.4) is 0 Å². The van der Waals surface area contributed by atoms with Gasteiger partial charge in [-0.1, -0.05) is 0 Å². The predicted octanol–water partition coefficient (Wildman–Crippen LogP) is 3.42. The maximum Gasteiger partial charge on any atom is 0.246 e. The van der Waals surface area contributed by atoms with Gasteiger partial charge in [0.2, 0.25) is 5.91 Å². The number of hydrogen-bond donors (Lipinski definition) is 0. The van der Waals surface area contributed by atoms with Crippen LogP contribution in [0.4, 0.5) is 0 Å². The third kappa shape index (κ3) is 4.18. The molecule has 0 atom stereocenters. The lowest BCUT2D eigenvalue weighted by atomic mass is 9.89. The van der Waals surface area contributed by atoms with E-state index in [9.17, 15) is 9.59 Å². The summed E-state index contributed by atoms with van der Waals surface area (Å²) in [4.78, 5) is 26.6. The van der Waals surface area contributed by atoms with E-state index in [-0.39, 0.29) is 17.6 Å². The highest BCUT2D eigenvalue weighted by Crippen LogP contribution is 2.23. The number of carbonyl (C=O) groups is 2. The predicted molar refractivity (Wildman–Crippen MR) is 94.4 cm³/mol. The van der Waals surface area contributed by atoms with E-state index in [2.05, 4.69) is 0 Å². The van der Waals surface area contributed by atoms with Crippen molar-refractivity contribution in [3.63, 3.8) is 0 Å². The lowest BCUT2D eigenvalue weighted by Crippen LogP contribution is -2.39. The fourth-order valence-corrected chi connectivity index (χ4v) is 3.00. The molecule has 0 radical (unpaired) electrons. The Morgan fingerprint density at radius 2 is 1.88 bits per heavy atom. The number of benzene rings is 1. The number of ether oxygens (including phenoxy) is 1. The first-order valence-electron chi connectivity index (χ1n) is 8.36. The van der Waals surface area contributed by atoms with Crippen LogP contribution in [0.15, 0.2) is 53.2 Å². The highest BCUT2D eigenvalue weighted by atomic mass is 16.5. The molecule has 0 N–H and O–H groups in total. The normalized spacial score (nSPS) is 15.5. The molecule has 0 saturated carbocycles. The lowest BCUT2D eigenvalue weighted by molar-refractivity contribution is -0.127. The quantitative estimate of drug-likeness (QED) is 0.618. The lowest BCUT2D eigenvalue weighted by Gasteiger charge is -2.30. The summed E-state index contributed by atoms with van der Waals surface area (Å²) in [5, 5.41) is 0. The second-order valence-electron chi connectivity index (χ2n) is 6.04. The second-order valence-corrected chi connectivity index (χ2v) is 6.04. The third-order valence-corrected chi connectivity index (χ3v) is 4.49. The van der Waals surface area contributed by atoms with Crippen molar-refractivity contribution in [1.29, 1.82) is 0 Å². The summed E-state index contributed by atoms with van der Waals surface area (Å²) in [5.74, 6) is 1.44. The number of hydrogen-bond acceptors (Lipinski definition) is 4. The fourth-order valence-electron chi connectivity index (χ4n) is 3.00. The van der Waals surface area contributed by atoms with E-state index in [4.69, 9.17) is 9.15 Å². The molecule has 1 saturated heterocycles. The van der Waals surface area contributed by atoms with Crippen molar-refractivity contribution < 1.29 is 18.7 Å². The van der Waals surface area contributed by atoms with Crippen LogP contribution < -0.4 is 4.74 Å². The molecule has 0 aliphatic carbocycles. The summed E-state index contributed by atoms with van der Waals surface area (Å²) in [6, 6.07) is 10.8. The standard InChI is InChI=1S/C20H21NO4/c1-24-17-6-4-15(5-7-17)20(23)16-10-12-21(13-11-16)19(22)9-8-18-3-2-14-25-18/h2-9,14,16H,10-13H2,1H3/b9-8+. The van der Waals surface area contributed by atoms with Gasteiger partial charge in [0.1, 0.15) is 11.5 Å². The van der Waals surface area contributed by atoms with Gasteiger partial charge in [-0.2, -0.15) is 0 Å². The molecule has 1 aliphatic rings. The molecular formula is C20H21NO4. The van der Waals surface area contributed by atoms with Crippen LogP contribution in [0.25, 0.3) is 6.08 Å². The summed E-state index contributed by atoms with van der Waals surface area (Å²) in [6.07, 6.45) is 6.12. The number of likely N-dealkylation sites (tertiary alicyclic amines) is 1. The first-order valence-corrected chi connectivity index (χ1v) is 8.36. The van der Waals surface area contributed by atoms with Gasteiger partial charge in [0.05, 0.1) is 13.4 Å². The number of Topliss-reactive ketones (excluding diaryl/α,β-unsaturated/α-hetero) is 1. The number of rotatable bonds is 5. The Kier molecular flexibility index (Phi) is 5.33. The van der Waals surface area contributed by atoms with Gasteiger partial charge in [0.25, 0.3) is 0 Å². The van der Waals surface area contributed by atoms with Crippen molar-refractivity contribution in [2.24, 2.45) is 5.92 Å². The first kappa shape index (κ1) is 17.0. The second kappa shape index (κ2) is 7.83. The monoisotopic (exact) mass is 339 g/mol. The zero-order valence-electron chi connectivity index (χ0n) is 14.2. The molecule has 2 aromatic rings. The van der Waals surface area contributed by atoms with Crippen LogP contribution in [-0.4, -0.2) is 36.8 Å². The largest absolute Gasteiger partial charge is 0.497 e. The average molecular weight is 339 g/mol. The van der Waals surface area contributed by atoms with Gasteiger partial charge >= 0.3 is 0 Å². The van der Waals surface area contributed by atoms with E-state index in [0.717, 1.165) is 5.75 Å². The number of nitrogens with zero attached hydrogens (tertiary/aromatic N) is 1. The molecule has 5 heteroatoms. The van der Waals surface area contributed by atoms with Gasteiger partial charge in [0.15, 0.2) is 5.78 Å². The minimum Gasteiger partial charge on any atom is -0.497 e.